The number of hydrogen-bond donors (Lipinski definition) is 2. The molecule has 1 rings (SSSR count). The van der Waals surface area contributed by atoms with E-state index in [9.17, 15) is 0 Å². The quantitative estimate of drug-likeness (QED) is 0.523. The van der Waals surface area contributed by atoms with Crippen LogP contribution in [0.2, 0.25) is 0 Å². The molecule has 3 nitrogen and oxygen atoms in total. The molecule has 0 saturated carbocycles. The third kappa shape index (κ3) is 2.22. The fourth-order valence-electron chi connectivity index (χ4n) is 0.684. The Labute approximate surface area is 69.3 Å². The second-order valence-electron chi connectivity index (χ2n) is 1.87. The van der Waals surface area contributed by atoms with Gasteiger partial charge in [-0.2, -0.15) is 5.59 Å². The van der Waals surface area contributed by atoms with Crippen LogP contribution in [-0.2, 0) is 0 Å². The highest BCUT2D eigenvalue weighted by Gasteiger charge is 1.95. The van der Waals surface area contributed by atoms with Gasteiger partial charge in [-0.3, -0.25) is 5.21 Å². The van der Waals surface area contributed by atoms with Crippen LogP contribution in [0.3, 0.4) is 0 Å². The molecule has 0 aromatic heterocycles. The molecule has 0 heterocycles. The molecule has 4 heteroatoms. The Bertz CT molecular complexity index is 248. The first-order chi connectivity index (χ1) is 5.34. The maximum absolute atomic E-state index is 8.18. The largest absolute Gasteiger partial charge is 0.274 e. The van der Waals surface area contributed by atoms with Gasteiger partial charge in [0.2, 0.25) is 0 Å². The van der Waals surface area contributed by atoms with Crippen molar-refractivity contribution in [3.05, 3.63) is 35.9 Å². The second-order valence-corrected chi connectivity index (χ2v) is 2.23. The minimum atomic E-state index is 0.230. The molecule has 0 atom stereocenters. The number of hydrazone groups is 1. The van der Waals surface area contributed by atoms with Crippen LogP contribution in [0.15, 0.2) is 35.4 Å². The zero-order valence-corrected chi connectivity index (χ0v) is 6.42. The third-order valence-corrected chi connectivity index (χ3v) is 1.46. The number of hydrogen-bond acceptors (Lipinski definition) is 3. The molecule has 0 spiro atoms. The lowest BCUT2D eigenvalue weighted by molar-refractivity contribution is 0.172. The van der Waals surface area contributed by atoms with Crippen LogP contribution in [0.4, 0.5) is 0 Å². The SMILES string of the molecule is ON/N=C(\Cl)c1ccccc1. The van der Waals surface area contributed by atoms with E-state index < -0.39 is 0 Å². The van der Waals surface area contributed by atoms with E-state index in [4.69, 9.17) is 16.8 Å². The Balaban J connectivity index is 2.85. The molecular weight excluding hydrogens is 164 g/mol. The van der Waals surface area contributed by atoms with Crippen molar-refractivity contribution in [3.63, 3.8) is 0 Å². The Morgan fingerprint density at radius 1 is 1.36 bits per heavy atom. The van der Waals surface area contributed by atoms with Crippen molar-refractivity contribution < 1.29 is 5.21 Å². The van der Waals surface area contributed by atoms with Gasteiger partial charge >= 0.3 is 0 Å². The van der Waals surface area contributed by atoms with E-state index in [0.29, 0.717) is 0 Å². The molecule has 0 radical (unpaired) electrons. The molecular formula is C7H7ClN2O. The minimum absolute atomic E-state index is 0.230. The summed E-state index contributed by atoms with van der Waals surface area (Å²) in [5.41, 5.74) is 2.38. The van der Waals surface area contributed by atoms with Gasteiger partial charge in [-0.05, 0) is 0 Å². The molecule has 0 fully saturated rings. The number of halogens is 1. The molecule has 2 N–H and O–H groups in total. The summed E-state index contributed by atoms with van der Waals surface area (Å²) < 4.78 is 0. The van der Waals surface area contributed by atoms with Crippen molar-refractivity contribution >= 4 is 16.8 Å². The molecule has 1 aromatic rings. The van der Waals surface area contributed by atoms with E-state index in [0.717, 1.165) is 5.56 Å². The number of benzene rings is 1. The Hall–Kier alpha value is -1.06. The van der Waals surface area contributed by atoms with Crippen molar-refractivity contribution in [3.8, 4) is 0 Å². The average molecular weight is 171 g/mol. The fraction of sp³-hybridized carbons (Fsp3) is 0. The van der Waals surface area contributed by atoms with Crippen LogP contribution in [-0.4, -0.2) is 10.4 Å². The molecule has 0 aliphatic rings. The summed E-state index contributed by atoms with van der Waals surface area (Å²) >= 11 is 5.63. The first-order valence-corrected chi connectivity index (χ1v) is 3.40. The van der Waals surface area contributed by atoms with Crippen LogP contribution in [0.5, 0.6) is 0 Å². The van der Waals surface area contributed by atoms with Crippen LogP contribution in [0.1, 0.15) is 5.56 Å². The van der Waals surface area contributed by atoms with Crippen LogP contribution >= 0.6 is 11.6 Å². The van der Waals surface area contributed by atoms with Gasteiger partial charge in [-0.1, -0.05) is 41.9 Å². The Kier molecular flexibility index (Phi) is 2.89. The predicted molar refractivity (Wildman–Crippen MR) is 43.8 cm³/mol. The lowest BCUT2D eigenvalue weighted by Crippen LogP contribution is -2.01. The van der Waals surface area contributed by atoms with Crippen molar-refractivity contribution in [2.45, 2.75) is 0 Å². The first kappa shape index (κ1) is 8.04. The molecule has 0 bridgehead atoms. The lowest BCUT2D eigenvalue weighted by Gasteiger charge is -1.95. The van der Waals surface area contributed by atoms with Crippen molar-refractivity contribution in [2.75, 3.05) is 0 Å². The predicted octanol–water partition coefficient (Wildman–Crippen LogP) is 1.57. The molecule has 0 aliphatic heterocycles. The smallest absolute Gasteiger partial charge is 0.158 e. The summed E-state index contributed by atoms with van der Waals surface area (Å²) in [6.07, 6.45) is 0. The Morgan fingerprint density at radius 2 is 2.00 bits per heavy atom. The van der Waals surface area contributed by atoms with E-state index in [1.165, 1.54) is 0 Å². The summed E-state index contributed by atoms with van der Waals surface area (Å²) in [5.74, 6) is 0. The van der Waals surface area contributed by atoms with E-state index in [1.54, 1.807) is 17.7 Å². The summed E-state index contributed by atoms with van der Waals surface area (Å²) in [4.78, 5) is 0. The van der Waals surface area contributed by atoms with Crippen molar-refractivity contribution in [2.24, 2.45) is 5.10 Å². The summed E-state index contributed by atoms with van der Waals surface area (Å²) in [7, 11) is 0. The molecule has 0 saturated heterocycles. The van der Waals surface area contributed by atoms with Crippen molar-refractivity contribution in [1.29, 1.82) is 0 Å². The first-order valence-electron chi connectivity index (χ1n) is 3.02. The van der Waals surface area contributed by atoms with Crippen molar-refractivity contribution in [1.82, 2.24) is 5.59 Å². The molecule has 0 unspecified atom stereocenters. The summed E-state index contributed by atoms with van der Waals surface area (Å²) in [6, 6.07) is 9.14. The number of nitrogens with zero attached hydrogens (tertiary/aromatic N) is 1. The van der Waals surface area contributed by atoms with Gasteiger partial charge in [-0.25, -0.2) is 0 Å². The molecule has 58 valence electrons. The zero-order chi connectivity index (χ0) is 8.10. The molecule has 0 amide bonds. The molecule has 1 aromatic carbocycles. The normalized spacial score (nSPS) is 11.3. The molecule has 11 heavy (non-hydrogen) atoms. The van der Waals surface area contributed by atoms with E-state index >= 15 is 0 Å². The van der Waals surface area contributed by atoms with Crippen LogP contribution in [0.25, 0.3) is 0 Å². The average Bonchev–Trinajstić information content (AvgIpc) is 2.07. The zero-order valence-electron chi connectivity index (χ0n) is 5.66. The Morgan fingerprint density at radius 3 is 2.55 bits per heavy atom. The van der Waals surface area contributed by atoms with Gasteiger partial charge in [-0.15, -0.1) is 5.10 Å². The summed E-state index contributed by atoms with van der Waals surface area (Å²) in [5, 5.41) is 11.8. The highest BCUT2D eigenvalue weighted by Crippen LogP contribution is 2.03. The monoisotopic (exact) mass is 170 g/mol. The maximum Gasteiger partial charge on any atom is 0.158 e. The fourth-order valence-corrected chi connectivity index (χ4v) is 0.848. The minimum Gasteiger partial charge on any atom is -0.274 e. The standard InChI is InChI=1S/C7H7ClN2O/c8-7(9-10-11)6-4-2-1-3-5-6/h1-5,10-11H/b9-7-. The van der Waals surface area contributed by atoms with Gasteiger partial charge in [0.15, 0.2) is 5.17 Å². The molecule has 0 aliphatic carbocycles. The van der Waals surface area contributed by atoms with E-state index in [2.05, 4.69) is 5.10 Å². The van der Waals surface area contributed by atoms with E-state index in [-0.39, 0.29) is 5.17 Å². The lowest BCUT2D eigenvalue weighted by atomic mass is 10.2. The topological polar surface area (TPSA) is 44.6 Å². The maximum atomic E-state index is 8.18. The van der Waals surface area contributed by atoms with Gasteiger partial charge in [0, 0.05) is 5.56 Å². The summed E-state index contributed by atoms with van der Waals surface area (Å²) in [6.45, 7) is 0. The van der Waals surface area contributed by atoms with Gasteiger partial charge in [0.05, 0.1) is 0 Å². The number of nitrogens with one attached hydrogen (secondary N) is 1. The third-order valence-electron chi connectivity index (χ3n) is 1.16. The second kappa shape index (κ2) is 3.95. The van der Waals surface area contributed by atoms with Gasteiger partial charge in [0.25, 0.3) is 0 Å². The highest BCUT2D eigenvalue weighted by molar-refractivity contribution is 6.69. The van der Waals surface area contributed by atoms with Gasteiger partial charge in [0.1, 0.15) is 0 Å². The van der Waals surface area contributed by atoms with E-state index in [1.807, 2.05) is 18.2 Å². The van der Waals surface area contributed by atoms with Crippen LogP contribution < -0.4 is 5.59 Å². The number of rotatable bonds is 2. The van der Waals surface area contributed by atoms with Gasteiger partial charge < -0.3 is 0 Å². The van der Waals surface area contributed by atoms with Crippen LogP contribution in [0, 0.1) is 0 Å². The highest BCUT2D eigenvalue weighted by atomic mass is 35.5.